The van der Waals surface area contributed by atoms with Gasteiger partial charge in [-0.3, -0.25) is 4.79 Å². The van der Waals surface area contributed by atoms with Gasteiger partial charge in [0.05, 0.1) is 6.10 Å². The van der Waals surface area contributed by atoms with Crippen LogP contribution in [0.5, 0.6) is 0 Å². The van der Waals surface area contributed by atoms with Gasteiger partial charge in [-0.25, -0.2) is 0 Å². The molecular formula is C11H13ClO3. The summed E-state index contributed by atoms with van der Waals surface area (Å²) >= 11 is 5.72. The standard InChI is InChI=1S/C11H13ClO3/c1-8(13)15-7-11(14)6-9-2-4-10(12)5-3-9/h2-5,11,14H,6-7H2,1H3. The maximum absolute atomic E-state index is 10.5. The minimum atomic E-state index is -0.671. The Morgan fingerprint density at radius 2 is 2.07 bits per heavy atom. The zero-order valence-electron chi connectivity index (χ0n) is 8.44. The first-order valence-electron chi connectivity index (χ1n) is 4.64. The van der Waals surface area contributed by atoms with E-state index in [1.807, 2.05) is 12.1 Å². The van der Waals surface area contributed by atoms with Gasteiger partial charge >= 0.3 is 5.97 Å². The molecule has 1 unspecified atom stereocenters. The van der Waals surface area contributed by atoms with Crippen LogP contribution in [0, 0.1) is 0 Å². The highest BCUT2D eigenvalue weighted by Crippen LogP contribution is 2.11. The average Bonchev–Trinajstić information content (AvgIpc) is 2.19. The molecule has 0 aliphatic carbocycles. The van der Waals surface area contributed by atoms with Crippen LogP contribution in [0.3, 0.4) is 0 Å². The van der Waals surface area contributed by atoms with Crippen molar-refractivity contribution in [3.63, 3.8) is 0 Å². The number of rotatable bonds is 4. The minimum Gasteiger partial charge on any atom is -0.463 e. The first-order valence-corrected chi connectivity index (χ1v) is 5.01. The number of halogens is 1. The van der Waals surface area contributed by atoms with Gasteiger partial charge in [-0.15, -0.1) is 0 Å². The summed E-state index contributed by atoms with van der Waals surface area (Å²) < 4.78 is 4.68. The number of ether oxygens (including phenoxy) is 1. The van der Waals surface area contributed by atoms with Gasteiger partial charge in [0.1, 0.15) is 6.61 Å². The second kappa shape index (κ2) is 5.73. The maximum Gasteiger partial charge on any atom is 0.302 e. The zero-order chi connectivity index (χ0) is 11.3. The van der Waals surface area contributed by atoms with Crippen molar-refractivity contribution in [2.24, 2.45) is 0 Å². The molecule has 0 aliphatic rings. The molecule has 0 bridgehead atoms. The topological polar surface area (TPSA) is 46.5 Å². The van der Waals surface area contributed by atoms with Crippen LogP contribution in [0.2, 0.25) is 5.02 Å². The van der Waals surface area contributed by atoms with Crippen molar-refractivity contribution in [2.45, 2.75) is 19.4 Å². The van der Waals surface area contributed by atoms with Crippen molar-refractivity contribution in [1.29, 1.82) is 0 Å². The molecule has 0 fully saturated rings. The summed E-state index contributed by atoms with van der Waals surface area (Å²) in [6, 6.07) is 7.18. The van der Waals surface area contributed by atoms with Gasteiger partial charge in [0.2, 0.25) is 0 Å². The van der Waals surface area contributed by atoms with Gasteiger partial charge in [0, 0.05) is 18.4 Å². The van der Waals surface area contributed by atoms with E-state index in [2.05, 4.69) is 4.74 Å². The molecule has 4 heteroatoms. The third kappa shape index (κ3) is 4.81. The van der Waals surface area contributed by atoms with Crippen LogP contribution < -0.4 is 0 Å². The third-order valence-corrected chi connectivity index (χ3v) is 2.12. The SMILES string of the molecule is CC(=O)OCC(O)Cc1ccc(Cl)cc1. The molecule has 1 rings (SSSR count). The van der Waals surface area contributed by atoms with E-state index in [9.17, 15) is 9.90 Å². The van der Waals surface area contributed by atoms with E-state index in [1.54, 1.807) is 12.1 Å². The summed E-state index contributed by atoms with van der Waals surface area (Å²) in [6.45, 7) is 1.34. The molecule has 82 valence electrons. The Kier molecular flexibility index (Phi) is 4.59. The van der Waals surface area contributed by atoms with Crippen LogP contribution in [0.15, 0.2) is 24.3 Å². The van der Waals surface area contributed by atoms with E-state index >= 15 is 0 Å². The maximum atomic E-state index is 10.5. The van der Waals surface area contributed by atoms with Gasteiger partial charge < -0.3 is 9.84 Å². The lowest BCUT2D eigenvalue weighted by molar-refractivity contribution is -0.143. The van der Waals surface area contributed by atoms with E-state index in [-0.39, 0.29) is 12.6 Å². The highest BCUT2D eigenvalue weighted by molar-refractivity contribution is 6.30. The number of hydrogen-bond donors (Lipinski definition) is 1. The van der Waals surface area contributed by atoms with Crippen LogP contribution in [0.1, 0.15) is 12.5 Å². The molecule has 0 radical (unpaired) electrons. The van der Waals surface area contributed by atoms with E-state index in [1.165, 1.54) is 6.92 Å². The molecule has 0 aliphatic heterocycles. The number of aliphatic hydroxyl groups is 1. The van der Waals surface area contributed by atoms with Gasteiger partial charge in [0.25, 0.3) is 0 Å². The Balaban J connectivity index is 2.40. The van der Waals surface area contributed by atoms with Crippen molar-refractivity contribution in [1.82, 2.24) is 0 Å². The second-order valence-corrected chi connectivity index (χ2v) is 3.72. The summed E-state index contributed by atoms with van der Waals surface area (Å²) in [6.07, 6.45) is -0.222. The van der Waals surface area contributed by atoms with Crippen LogP contribution in [-0.4, -0.2) is 23.8 Å². The quantitative estimate of drug-likeness (QED) is 0.800. The molecule has 15 heavy (non-hydrogen) atoms. The fourth-order valence-electron chi connectivity index (χ4n) is 1.17. The number of carbonyl (C=O) groups excluding carboxylic acids is 1. The predicted octanol–water partition coefficient (Wildman–Crippen LogP) is 1.81. The molecule has 0 saturated carbocycles. The number of esters is 1. The first-order chi connectivity index (χ1) is 7.08. The van der Waals surface area contributed by atoms with Crippen LogP contribution in [0.25, 0.3) is 0 Å². The molecule has 0 heterocycles. The Hall–Kier alpha value is -1.06. The zero-order valence-corrected chi connectivity index (χ0v) is 9.20. The molecular weight excluding hydrogens is 216 g/mol. The van der Waals surface area contributed by atoms with E-state index < -0.39 is 6.10 Å². The van der Waals surface area contributed by atoms with Crippen LogP contribution in [0.4, 0.5) is 0 Å². The Labute approximate surface area is 93.6 Å². The van der Waals surface area contributed by atoms with E-state index in [0.29, 0.717) is 11.4 Å². The number of benzene rings is 1. The summed E-state index contributed by atoms with van der Waals surface area (Å²) in [5, 5.41) is 10.2. The van der Waals surface area contributed by atoms with Crippen molar-refractivity contribution in [3.8, 4) is 0 Å². The second-order valence-electron chi connectivity index (χ2n) is 3.29. The summed E-state index contributed by atoms with van der Waals surface area (Å²) in [5.74, 6) is -0.384. The summed E-state index contributed by atoms with van der Waals surface area (Å²) in [7, 11) is 0. The van der Waals surface area contributed by atoms with Crippen molar-refractivity contribution < 1.29 is 14.6 Å². The third-order valence-electron chi connectivity index (χ3n) is 1.86. The summed E-state index contributed by atoms with van der Waals surface area (Å²) in [4.78, 5) is 10.5. The normalized spacial score (nSPS) is 12.2. The van der Waals surface area contributed by atoms with Crippen molar-refractivity contribution >= 4 is 17.6 Å². The average molecular weight is 229 g/mol. The predicted molar refractivity (Wildman–Crippen MR) is 57.8 cm³/mol. The van der Waals surface area contributed by atoms with E-state index in [4.69, 9.17) is 11.6 Å². The molecule has 0 aromatic heterocycles. The van der Waals surface area contributed by atoms with Gasteiger partial charge in [-0.05, 0) is 17.7 Å². The molecule has 1 N–H and O–H groups in total. The fourth-order valence-corrected chi connectivity index (χ4v) is 1.29. The van der Waals surface area contributed by atoms with Crippen LogP contribution >= 0.6 is 11.6 Å². The molecule has 1 aromatic carbocycles. The molecule has 0 saturated heterocycles. The van der Waals surface area contributed by atoms with Crippen LogP contribution in [-0.2, 0) is 16.0 Å². The molecule has 1 atom stereocenters. The highest BCUT2D eigenvalue weighted by Gasteiger charge is 2.07. The molecule has 0 spiro atoms. The Bertz CT molecular complexity index is 321. The minimum absolute atomic E-state index is 0.0258. The van der Waals surface area contributed by atoms with Gasteiger partial charge in [0.15, 0.2) is 0 Å². The Morgan fingerprint density at radius 3 is 2.60 bits per heavy atom. The number of aliphatic hydroxyl groups excluding tert-OH is 1. The molecule has 1 aromatic rings. The molecule has 3 nitrogen and oxygen atoms in total. The largest absolute Gasteiger partial charge is 0.463 e. The monoisotopic (exact) mass is 228 g/mol. The van der Waals surface area contributed by atoms with Gasteiger partial charge in [-0.1, -0.05) is 23.7 Å². The van der Waals surface area contributed by atoms with E-state index in [0.717, 1.165) is 5.56 Å². The van der Waals surface area contributed by atoms with Crippen molar-refractivity contribution in [2.75, 3.05) is 6.61 Å². The first kappa shape index (κ1) is 12.0. The summed E-state index contributed by atoms with van der Waals surface area (Å²) in [5.41, 5.74) is 0.957. The number of carbonyl (C=O) groups is 1. The lowest BCUT2D eigenvalue weighted by Gasteiger charge is -2.10. The fraction of sp³-hybridized carbons (Fsp3) is 0.364. The van der Waals surface area contributed by atoms with Crippen molar-refractivity contribution in [3.05, 3.63) is 34.9 Å². The lowest BCUT2D eigenvalue weighted by atomic mass is 10.1. The lowest BCUT2D eigenvalue weighted by Crippen LogP contribution is -2.19. The smallest absolute Gasteiger partial charge is 0.302 e. The number of hydrogen-bond acceptors (Lipinski definition) is 3. The van der Waals surface area contributed by atoms with Gasteiger partial charge in [-0.2, -0.15) is 0 Å². The highest BCUT2D eigenvalue weighted by atomic mass is 35.5. The Morgan fingerprint density at radius 1 is 1.47 bits per heavy atom. The molecule has 0 amide bonds.